The zero-order valence-electron chi connectivity index (χ0n) is 9.88. The first-order valence-electron chi connectivity index (χ1n) is 5.65. The Labute approximate surface area is 118 Å². The second-order valence-electron chi connectivity index (χ2n) is 4.12. The fraction of sp³-hybridized carbons (Fsp3) is 0.143. The SMILES string of the molecule is O=C(O)C(Cc1ccc(Br)cn1)c1cccc(F)c1. The Morgan fingerprint density at radius 1 is 1.37 bits per heavy atom. The molecule has 0 bridgehead atoms. The highest BCUT2D eigenvalue weighted by Gasteiger charge is 2.21. The third-order valence-corrected chi connectivity index (χ3v) is 3.22. The highest BCUT2D eigenvalue weighted by Crippen LogP contribution is 2.22. The first kappa shape index (κ1) is 13.7. The normalized spacial score (nSPS) is 12.1. The zero-order valence-corrected chi connectivity index (χ0v) is 11.5. The summed E-state index contributed by atoms with van der Waals surface area (Å²) in [6.07, 6.45) is 1.84. The number of halogens is 2. The van der Waals surface area contributed by atoms with E-state index in [1.54, 1.807) is 24.4 Å². The number of aromatic nitrogens is 1. The van der Waals surface area contributed by atoms with Crippen LogP contribution in [0.25, 0.3) is 0 Å². The molecule has 5 heteroatoms. The lowest BCUT2D eigenvalue weighted by Gasteiger charge is -2.12. The molecule has 1 N–H and O–H groups in total. The minimum atomic E-state index is -0.990. The van der Waals surface area contributed by atoms with Crippen LogP contribution in [0.2, 0.25) is 0 Å². The van der Waals surface area contributed by atoms with Crippen molar-refractivity contribution >= 4 is 21.9 Å². The molecule has 1 aromatic carbocycles. The molecule has 19 heavy (non-hydrogen) atoms. The monoisotopic (exact) mass is 323 g/mol. The molecule has 0 aliphatic heterocycles. The van der Waals surface area contributed by atoms with Gasteiger partial charge < -0.3 is 5.11 Å². The summed E-state index contributed by atoms with van der Waals surface area (Å²) in [6, 6.07) is 9.21. The highest BCUT2D eigenvalue weighted by molar-refractivity contribution is 9.10. The predicted octanol–water partition coefficient (Wildman–Crippen LogP) is 3.39. The van der Waals surface area contributed by atoms with Gasteiger partial charge in [0.15, 0.2) is 0 Å². The van der Waals surface area contributed by atoms with Crippen LogP contribution in [0.1, 0.15) is 17.2 Å². The van der Waals surface area contributed by atoms with E-state index >= 15 is 0 Å². The minimum absolute atomic E-state index is 0.228. The molecule has 1 aromatic heterocycles. The van der Waals surface area contributed by atoms with E-state index in [0.717, 1.165) is 4.47 Å². The van der Waals surface area contributed by atoms with E-state index in [1.807, 2.05) is 0 Å². The molecule has 0 saturated carbocycles. The van der Waals surface area contributed by atoms with Crippen molar-refractivity contribution in [2.75, 3.05) is 0 Å². The van der Waals surface area contributed by atoms with Gasteiger partial charge >= 0.3 is 5.97 Å². The first-order chi connectivity index (χ1) is 9.06. The van der Waals surface area contributed by atoms with Crippen molar-refractivity contribution in [1.29, 1.82) is 0 Å². The van der Waals surface area contributed by atoms with E-state index in [4.69, 9.17) is 0 Å². The van der Waals surface area contributed by atoms with Gasteiger partial charge in [0.1, 0.15) is 5.82 Å². The molecule has 98 valence electrons. The summed E-state index contributed by atoms with van der Waals surface area (Å²) in [5, 5.41) is 9.27. The maximum atomic E-state index is 13.2. The minimum Gasteiger partial charge on any atom is -0.481 e. The van der Waals surface area contributed by atoms with Gasteiger partial charge in [0.05, 0.1) is 5.92 Å². The lowest BCUT2D eigenvalue weighted by atomic mass is 9.94. The van der Waals surface area contributed by atoms with Crippen LogP contribution in [-0.2, 0) is 11.2 Å². The lowest BCUT2D eigenvalue weighted by molar-refractivity contribution is -0.138. The maximum Gasteiger partial charge on any atom is 0.311 e. The Hall–Kier alpha value is -1.75. The molecule has 3 nitrogen and oxygen atoms in total. The fourth-order valence-electron chi connectivity index (χ4n) is 1.81. The van der Waals surface area contributed by atoms with E-state index < -0.39 is 17.7 Å². The van der Waals surface area contributed by atoms with Crippen LogP contribution in [0.15, 0.2) is 47.1 Å². The largest absolute Gasteiger partial charge is 0.481 e. The number of hydrogen-bond acceptors (Lipinski definition) is 2. The quantitative estimate of drug-likeness (QED) is 0.938. The van der Waals surface area contributed by atoms with Crippen LogP contribution < -0.4 is 0 Å². The van der Waals surface area contributed by atoms with E-state index in [0.29, 0.717) is 11.3 Å². The molecule has 1 atom stereocenters. The van der Waals surface area contributed by atoms with Crippen molar-refractivity contribution in [2.45, 2.75) is 12.3 Å². The number of rotatable bonds is 4. The number of benzene rings is 1. The van der Waals surface area contributed by atoms with Crippen molar-refractivity contribution in [3.05, 3.63) is 64.1 Å². The maximum absolute atomic E-state index is 13.2. The van der Waals surface area contributed by atoms with Crippen LogP contribution in [0.5, 0.6) is 0 Å². The van der Waals surface area contributed by atoms with Crippen LogP contribution in [0.3, 0.4) is 0 Å². The molecule has 2 rings (SSSR count). The fourth-order valence-corrected chi connectivity index (χ4v) is 2.04. The third kappa shape index (κ3) is 3.61. The summed E-state index contributed by atoms with van der Waals surface area (Å²) >= 11 is 3.27. The summed E-state index contributed by atoms with van der Waals surface area (Å²) in [7, 11) is 0. The Kier molecular flexibility index (Phi) is 4.27. The van der Waals surface area contributed by atoms with Gasteiger partial charge in [-0.05, 0) is 45.8 Å². The van der Waals surface area contributed by atoms with Gasteiger partial charge in [-0.15, -0.1) is 0 Å². The van der Waals surface area contributed by atoms with E-state index in [1.165, 1.54) is 18.2 Å². The third-order valence-electron chi connectivity index (χ3n) is 2.75. The molecule has 1 unspecified atom stereocenters. The van der Waals surface area contributed by atoms with Crippen LogP contribution >= 0.6 is 15.9 Å². The Morgan fingerprint density at radius 2 is 2.16 bits per heavy atom. The molecule has 0 aliphatic carbocycles. The summed E-state index contributed by atoms with van der Waals surface area (Å²) in [6.45, 7) is 0. The first-order valence-corrected chi connectivity index (χ1v) is 6.44. The Bertz CT molecular complexity index is 586. The van der Waals surface area contributed by atoms with Gasteiger partial charge in [-0.2, -0.15) is 0 Å². The molecular weight excluding hydrogens is 313 g/mol. The number of carboxylic acids is 1. The number of nitrogens with zero attached hydrogens (tertiary/aromatic N) is 1. The topological polar surface area (TPSA) is 50.2 Å². The second kappa shape index (κ2) is 5.93. The molecule has 0 aliphatic rings. The average molecular weight is 324 g/mol. The van der Waals surface area contributed by atoms with Gasteiger partial charge in [0.25, 0.3) is 0 Å². The molecule has 0 fully saturated rings. The zero-order chi connectivity index (χ0) is 13.8. The number of aliphatic carboxylic acids is 1. The Balaban J connectivity index is 2.26. The number of hydrogen-bond donors (Lipinski definition) is 1. The van der Waals surface area contributed by atoms with Gasteiger partial charge in [0.2, 0.25) is 0 Å². The van der Waals surface area contributed by atoms with E-state index in [2.05, 4.69) is 20.9 Å². The molecule has 0 spiro atoms. The predicted molar refractivity (Wildman–Crippen MR) is 72.4 cm³/mol. The van der Waals surface area contributed by atoms with Gasteiger partial charge in [-0.1, -0.05) is 12.1 Å². The molecule has 1 heterocycles. The second-order valence-corrected chi connectivity index (χ2v) is 5.03. The molecule has 0 saturated heterocycles. The van der Waals surface area contributed by atoms with Crippen molar-refractivity contribution < 1.29 is 14.3 Å². The summed E-state index contributed by atoms with van der Waals surface area (Å²) < 4.78 is 14.0. The molecule has 2 aromatic rings. The van der Waals surface area contributed by atoms with Gasteiger partial charge in [-0.25, -0.2) is 4.39 Å². The number of carboxylic acid groups (broad SMARTS) is 1. The Morgan fingerprint density at radius 3 is 2.74 bits per heavy atom. The van der Waals surface area contributed by atoms with E-state index in [-0.39, 0.29) is 6.42 Å². The summed E-state index contributed by atoms with van der Waals surface area (Å²) in [5.41, 5.74) is 1.09. The molecule has 0 amide bonds. The van der Waals surface area contributed by atoms with Crippen LogP contribution in [-0.4, -0.2) is 16.1 Å². The van der Waals surface area contributed by atoms with Crippen molar-refractivity contribution in [1.82, 2.24) is 4.98 Å². The standard InChI is InChI=1S/C14H11BrFNO2/c15-10-4-5-12(17-8-10)7-13(14(18)19)9-2-1-3-11(16)6-9/h1-6,8,13H,7H2,(H,18,19). The van der Waals surface area contributed by atoms with Gasteiger partial charge in [-0.3, -0.25) is 9.78 Å². The summed E-state index contributed by atoms with van der Waals surface area (Å²) in [5.74, 6) is -2.23. The molecular formula is C14H11BrFNO2. The number of carbonyl (C=O) groups is 1. The molecule has 0 radical (unpaired) electrons. The van der Waals surface area contributed by atoms with Crippen molar-refractivity contribution in [3.8, 4) is 0 Å². The van der Waals surface area contributed by atoms with Gasteiger partial charge in [0, 0.05) is 22.8 Å². The van der Waals surface area contributed by atoms with Crippen LogP contribution in [0.4, 0.5) is 4.39 Å². The highest BCUT2D eigenvalue weighted by atomic mass is 79.9. The van der Waals surface area contributed by atoms with Crippen molar-refractivity contribution in [2.24, 2.45) is 0 Å². The lowest BCUT2D eigenvalue weighted by Crippen LogP contribution is -2.15. The average Bonchev–Trinajstić information content (AvgIpc) is 2.37. The van der Waals surface area contributed by atoms with Crippen LogP contribution in [0, 0.1) is 5.82 Å². The number of pyridine rings is 1. The smallest absolute Gasteiger partial charge is 0.311 e. The summed E-state index contributed by atoms with van der Waals surface area (Å²) in [4.78, 5) is 15.5. The van der Waals surface area contributed by atoms with E-state index in [9.17, 15) is 14.3 Å². The van der Waals surface area contributed by atoms with Crippen molar-refractivity contribution in [3.63, 3.8) is 0 Å².